The van der Waals surface area contributed by atoms with E-state index >= 15 is 0 Å². The first-order chi connectivity index (χ1) is 15.6. The molecule has 9 nitrogen and oxygen atoms in total. The van der Waals surface area contributed by atoms with E-state index in [-0.39, 0.29) is 41.8 Å². The van der Waals surface area contributed by atoms with Gasteiger partial charge in [0.1, 0.15) is 11.6 Å². The Hall–Kier alpha value is -3.47. The van der Waals surface area contributed by atoms with Crippen LogP contribution in [0.2, 0.25) is 0 Å². The summed E-state index contributed by atoms with van der Waals surface area (Å²) in [6.07, 6.45) is 2.80. The van der Waals surface area contributed by atoms with Crippen molar-refractivity contribution in [3.05, 3.63) is 56.7 Å². The van der Waals surface area contributed by atoms with Crippen molar-refractivity contribution in [2.45, 2.75) is 33.4 Å². The number of aromatic amines is 1. The van der Waals surface area contributed by atoms with E-state index in [2.05, 4.69) is 9.72 Å². The minimum Gasteiger partial charge on any atom is -0.434 e. The molecule has 11 heteroatoms. The lowest BCUT2D eigenvalue weighted by Crippen LogP contribution is -2.41. The SMILES string of the molecule is COCCCN(C(=O)/C=C/c1ccccc1OC(F)F)c1c(N)n(CC(C)C)c(=O)[nH]c1=O. The first kappa shape index (κ1) is 25.8. The molecule has 1 aromatic heterocycles. The highest BCUT2D eigenvalue weighted by atomic mass is 19.3. The predicted octanol–water partition coefficient (Wildman–Crippen LogP) is 2.46. The Morgan fingerprint density at radius 2 is 1.97 bits per heavy atom. The maximum atomic E-state index is 13.1. The van der Waals surface area contributed by atoms with Crippen molar-refractivity contribution in [3.63, 3.8) is 0 Å². The van der Waals surface area contributed by atoms with Crippen LogP contribution in [0.15, 0.2) is 39.9 Å². The van der Waals surface area contributed by atoms with Crippen molar-refractivity contribution in [3.8, 4) is 5.75 Å². The molecule has 3 N–H and O–H groups in total. The van der Waals surface area contributed by atoms with Crippen LogP contribution in [0.1, 0.15) is 25.8 Å². The van der Waals surface area contributed by atoms with Gasteiger partial charge in [-0.25, -0.2) is 4.79 Å². The highest BCUT2D eigenvalue weighted by Crippen LogP contribution is 2.23. The first-order valence-electron chi connectivity index (χ1n) is 10.3. The number of alkyl halides is 2. The van der Waals surface area contributed by atoms with Gasteiger partial charge in [0.15, 0.2) is 5.69 Å². The van der Waals surface area contributed by atoms with Crippen molar-refractivity contribution in [1.82, 2.24) is 9.55 Å². The van der Waals surface area contributed by atoms with Crippen molar-refractivity contribution in [2.24, 2.45) is 5.92 Å². The number of hydrogen-bond donors (Lipinski definition) is 2. The average molecular weight is 466 g/mol. The fourth-order valence-electron chi connectivity index (χ4n) is 3.16. The number of hydrogen-bond acceptors (Lipinski definition) is 6. The number of rotatable bonds is 11. The molecule has 180 valence electrons. The molecule has 0 radical (unpaired) electrons. The number of benzene rings is 1. The number of nitrogens with zero attached hydrogens (tertiary/aromatic N) is 2. The Morgan fingerprint density at radius 1 is 1.27 bits per heavy atom. The predicted molar refractivity (Wildman–Crippen MR) is 122 cm³/mol. The van der Waals surface area contributed by atoms with Crippen LogP contribution >= 0.6 is 0 Å². The van der Waals surface area contributed by atoms with Gasteiger partial charge in [0.25, 0.3) is 11.5 Å². The molecule has 0 fully saturated rings. The Morgan fingerprint density at radius 3 is 2.61 bits per heavy atom. The minimum atomic E-state index is -3.03. The summed E-state index contributed by atoms with van der Waals surface area (Å²) in [7, 11) is 1.50. The van der Waals surface area contributed by atoms with Crippen LogP contribution in [-0.2, 0) is 16.1 Å². The number of nitrogen functional groups attached to an aromatic ring is 1. The van der Waals surface area contributed by atoms with Crippen molar-refractivity contribution in [1.29, 1.82) is 0 Å². The third-order valence-electron chi connectivity index (χ3n) is 4.57. The molecule has 0 atom stereocenters. The van der Waals surface area contributed by atoms with Gasteiger partial charge >= 0.3 is 12.3 Å². The number of H-pyrrole nitrogens is 1. The van der Waals surface area contributed by atoms with Crippen LogP contribution in [0, 0.1) is 5.92 Å². The number of halogens is 2. The Balaban J connectivity index is 2.48. The van der Waals surface area contributed by atoms with Gasteiger partial charge in [0.05, 0.1) is 0 Å². The maximum Gasteiger partial charge on any atom is 0.387 e. The molecular weight excluding hydrogens is 438 g/mol. The number of nitrogens with one attached hydrogen (secondary N) is 1. The molecule has 2 aromatic rings. The summed E-state index contributed by atoms with van der Waals surface area (Å²) in [4.78, 5) is 41.3. The highest BCUT2D eigenvalue weighted by molar-refractivity contribution is 6.05. The molecule has 0 aliphatic carbocycles. The molecule has 0 saturated carbocycles. The molecule has 0 bridgehead atoms. The van der Waals surface area contributed by atoms with Gasteiger partial charge in [-0.3, -0.25) is 19.1 Å². The first-order valence-corrected chi connectivity index (χ1v) is 10.3. The zero-order valence-electron chi connectivity index (χ0n) is 18.7. The monoisotopic (exact) mass is 466 g/mol. The molecule has 0 aliphatic heterocycles. The molecule has 0 unspecified atom stereocenters. The van der Waals surface area contributed by atoms with Gasteiger partial charge in [0, 0.05) is 38.4 Å². The molecule has 1 amide bonds. The zero-order chi connectivity index (χ0) is 24.5. The van der Waals surface area contributed by atoms with Crippen LogP contribution in [0.5, 0.6) is 5.75 Å². The molecular formula is C22H28F2N4O5. The van der Waals surface area contributed by atoms with Crippen LogP contribution in [-0.4, -0.2) is 42.3 Å². The van der Waals surface area contributed by atoms with Gasteiger partial charge in [0.2, 0.25) is 0 Å². The molecule has 2 rings (SSSR count). The summed E-state index contributed by atoms with van der Waals surface area (Å²) in [6.45, 7) is 1.34. The Labute approximate surface area is 189 Å². The summed E-state index contributed by atoms with van der Waals surface area (Å²) < 4.78 is 36.0. The number of carbonyl (C=O) groups is 1. The van der Waals surface area contributed by atoms with Crippen LogP contribution in [0.25, 0.3) is 6.08 Å². The quantitative estimate of drug-likeness (QED) is 0.388. The van der Waals surface area contributed by atoms with E-state index in [1.807, 2.05) is 13.8 Å². The maximum absolute atomic E-state index is 13.1. The summed E-state index contributed by atoms with van der Waals surface area (Å²) in [5.74, 6) is -0.832. The van der Waals surface area contributed by atoms with E-state index in [4.69, 9.17) is 10.5 Å². The summed E-state index contributed by atoms with van der Waals surface area (Å²) in [6, 6.07) is 5.97. The molecule has 1 heterocycles. The van der Waals surface area contributed by atoms with Crippen LogP contribution < -0.4 is 26.6 Å². The van der Waals surface area contributed by atoms with E-state index in [9.17, 15) is 23.2 Å². The molecule has 0 spiro atoms. The van der Waals surface area contributed by atoms with E-state index in [1.165, 1.54) is 36.0 Å². The third-order valence-corrected chi connectivity index (χ3v) is 4.57. The number of carbonyl (C=O) groups excluding carboxylic acids is 1. The lowest BCUT2D eigenvalue weighted by atomic mass is 10.2. The Kier molecular flexibility index (Phi) is 9.34. The van der Waals surface area contributed by atoms with Gasteiger partial charge in [-0.05, 0) is 24.5 Å². The standard InChI is InChI=1S/C22H28F2N4O5/c1-14(2)13-28-19(25)18(20(30)26-22(28)31)27(11-6-12-32-3)17(29)10-9-15-7-4-5-8-16(15)33-21(23)24/h4-5,7-10,14,21H,6,11-13,25H2,1-3H3,(H,26,30,31)/b10-9+. The summed E-state index contributed by atoms with van der Waals surface area (Å²) in [5.41, 5.74) is 4.75. The number of methoxy groups -OCH3 is 1. The van der Waals surface area contributed by atoms with E-state index in [1.54, 1.807) is 6.07 Å². The number of anilines is 2. The topological polar surface area (TPSA) is 120 Å². The minimum absolute atomic E-state index is 0.0487. The molecule has 0 aliphatic rings. The second-order valence-electron chi connectivity index (χ2n) is 7.58. The van der Waals surface area contributed by atoms with Gasteiger partial charge in [-0.2, -0.15) is 8.78 Å². The number of para-hydroxylation sites is 1. The molecule has 33 heavy (non-hydrogen) atoms. The molecule has 0 saturated heterocycles. The van der Waals surface area contributed by atoms with Crippen molar-refractivity contribution in [2.75, 3.05) is 30.9 Å². The zero-order valence-corrected chi connectivity index (χ0v) is 18.7. The number of amides is 1. The normalized spacial score (nSPS) is 11.5. The van der Waals surface area contributed by atoms with E-state index < -0.39 is 23.8 Å². The fourth-order valence-corrected chi connectivity index (χ4v) is 3.16. The molecule has 1 aromatic carbocycles. The average Bonchev–Trinajstić information content (AvgIpc) is 2.74. The summed E-state index contributed by atoms with van der Waals surface area (Å²) in [5, 5.41) is 0. The summed E-state index contributed by atoms with van der Waals surface area (Å²) >= 11 is 0. The smallest absolute Gasteiger partial charge is 0.387 e. The number of ether oxygens (including phenoxy) is 2. The third kappa shape index (κ3) is 7.01. The Bertz CT molecular complexity index is 1090. The highest BCUT2D eigenvalue weighted by Gasteiger charge is 2.23. The largest absolute Gasteiger partial charge is 0.434 e. The number of aromatic nitrogens is 2. The van der Waals surface area contributed by atoms with Gasteiger partial charge in [-0.15, -0.1) is 0 Å². The van der Waals surface area contributed by atoms with Crippen LogP contribution in [0.3, 0.4) is 0 Å². The van der Waals surface area contributed by atoms with Gasteiger partial charge in [-0.1, -0.05) is 32.0 Å². The van der Waals surface area contributed by atoms with Crippen molar-refractivity contribution >= 4 is 23.5 Å². The van der Waals surface area contributed by atoms with Gasteiger partial charge < -0.3 is 20.1 Å². The second-order valence-corrected chi connectivity index (χ2v) is 7.58. The van der Waals surface area contributed by atoms with Crippen LogP contribution in [0.4, 0.5) is 20.3 Å². The fraction of sp³-hybridized carbons (Fsp3) is 0.409. The second kappa shape index (κ2) is 12.0. The van der Waals surface area contributed by atoms with E-state index in [0.29, 0.717) is 13.0 Å². The number of nitrogens with two attached hydrogens (primary N) is 1. The van der Waals surface area contributed by atoms with Crippen molar-refractivity contribution < 1.29 is 23.0 Å². The van der Waals surface area contributed by atoms with E-state index in [0.717, 1.165) is 11.0 Å². The lowest BCUT2D eigenvalue weighted by molar-refractivity contribution is -0.114. The lowest BCUT2D eigenvalue weighted by Gasteiger charge is -2.24.